The number of benzene rings is 1. The summed E-state index contributed by atoms with van der Waals surface area (Å²) in [6, 6.07) is 5.65. The highest BCUT2D eigenvalue weighted by Gasteiger charge is 2.34. The maximum absolute atomic E-state index is 12.8. The van der Waals surface area contributed by atoms with E-state index in [-0.39, 0.29) is 23.7 Å². The minimum absolute atomic E-state index is 0.104. The first-order valence-corrected chi connectivity index (χ1v) is 9.43. The highest BCUT2D eigenvalue weighted by molar-refractivity contribution is 7.99. The summed E-state index contributed by atoms with van der Waals surface area (Å²) in [6.07, 6.45) is 1.58. The van der Waals surface area contributed by atoms with Crippen LogP contribution in [0.3, 0.4) is 0 Å². The molecule has 0 saturated carbocycles. The number of H-pyrrole nitrogens is 1. The number of rotatable bonds is 5. The van der Waals surface area contributed by atoms with Crippen molar-refractivity contribution in [2.75, 3.05) is 16.4 Å². The van der Waals surface area contributed by atoms with Gasteiger partial charge in [-0.25, -0.2) is 4.98 Å². The second kappa shape index (κ2) is 7.79. The van der Waals surface area contributed by atoms with Crippen molar-refractivity contribution in [3.63, 3.8) is 0 Å². The molecule has 8 heteroatoms. The summed E-state index contributed by atoms with van der Waals surface area (Å²) < 4.78 is 0. The topological polar surface area (TPSA) is 104 Å². The van der Waals surface area contributed by atoms with E-state index in [0.717, 1.165) is 11.1 Å². The van der Waals surface area contributed by atoms with Crippen LogP contribution in [0.1, 0.15) is 29.0 Å². The number of thioether (sulfide) groups is 1. The van der Waals surface area contributed by atoms with E-state index in [4.69, 9.17) is 0 Å². The van der Waals surface area contributed by atoms with Crippen molar-refractivity contribution in [1.82, 2.24) is 9.97 Å². The molecule has 2 amide bonds. The Morgan fingerprint density at radius 2 is 2.19 bits per heavy atom. The van der Waals surface area contributed by atoms with Crippen molar-refractivity contribution in [2.45, 2.75) is 31.3 Å². The zero-order valence-corrected chi connectivity index (χ0v) is 15.9. The monoisotopic (exact) mass is 384 g/mol. The van der Waals surface area contributed by atoms with Crippen molar-refractivity contribution >= 4 is 35.1 Å². The van der Waals surface area contributed by atoms with Crippen LogP contribution in [0.2, 0.25) is 0 Å². The van der Waals surface area contributed by atoms with Gasteiger partial charge < -0.3 is 15.6 Å². The lowest BCUT2D eigenvalue weighted by Crippen LogP contribution is -2.36. The Labute approximate surface area is 160 Å². The minimum Gasteiger partial charge on any atom is -0.325 e. The van der Waals surface area contributed by atoms with Crippen LogP contribution in [0, 0.1) is 13.8 Å². The van der Waals surface area contributed by atoms with Gasteiger partial charge in [0.1, 0.15) is 5.82 Å². The number of anilines is 2. The fraction of sp³-hybridized carbons (Fsp3) is 0.263. The largest absolute Gasteiger partial charge is 0.325 e. The number of hydrogen-bond acceptors (Lipinski definition) is 5. The van der Waals surface area contributed by atoms with E-state index in [0.29, 0.717) is 16.6 Å². The number of fused-ring (bicyclic) bond motifs is 1. The molecule has 27 heavy (non-hydrogen) atoms. The van der Waals surface area contributed by atoms with Gasteiger partial charge in [0.05, 0.1) is 11.5 Å². The molecule has 7 nitrogen and oxygen atoms in total. The van der Waals surface area contributed by atoms with Gasteiger partial charge in [-0.2, -0.15) is 0 Å². The van der Waals surface area contributed by atoms with Gasteiger partial charge in [-0.1, -0.05) is 35.5 Å². The third-order valence-electron chi connectivity index (χ3n) is 4.22. The summed E-state index contributed by atoms with van der Waals surface area (Å²) in [5.74, 6) is -0.948. The molecule has 2 aromatic rings. The number of nitrogens with one attached hydrogen (secondary N) is 3. The van der Waals surface area contributed by atoms with Crippen molar-refractivity contribution in [3.8, 4) is 0 Å². The molecule has 0 spiro atoms. The summed E-state index contributed by atoms with van der Waals surface area (Å²) in [4.78, 5) is 44.4. The summed E-state index contributed by atoms with van der Waals surface area (Å²) >= 11 is 1.29. The van der Waals surface area contributed by atoms with E-state index in [1.165, 1.54) is 11.8 Å². The van der Waals surface area contributed by atoms with Gasteiger partial charge in [-0.3, -0.25) is 14.4 Å². The molecule has 0 saturated heterocycles. The third-order valence-corrected chi connectivity index (χ3v) is 5.09. The molecule has 1 aromatic heterocycles. The summed E-state index contributed by atoms with van der Waals surface area (Å²) in [6.45, 7) is 7.48. The van der Waals surface area contributed by atoms with Crippen molar-refractivity contribution in [2.24, 2.45) is 0 Å². The molecule has 0 unspecified atom stereocenters. The van der Waals surface area contributed by atoms with Gasteiger partial charge in [-0.05, 0) is 25.5 Å². The first kappa shape index (κ1) is 18.9. The van der Waals surface area contributed by atoms with Crippen LogP contribution in [-0.2, 0) is 9.59 Å². The minimum atomic E-state index is -0.899. The Kier molecular flexibility index (Phi) is 5.46. The van der Waals surface area contributed by atoms with E-state index in [1.54, 1.807) is 6.08 Å². The van der Waals surface area contributed by atoms with Crippen LogP contribution in [0.15, 0.2) is 40.8 Å². The van der Waals surface area contributed by atoms with Gasteiger partial charge in [-0.15, -0.1) is 6.58 Å². The number of nitrogens with zero attached hydrogens (tertiary/aromatic N) is 1. The molecule has 0 fully saturated rings. The smallest absolute Gasteiger partial charge is 0.257 e. The predicted octanol–water partition coefficient (Wildman–Crippen LogP) is 2.73. The number of aromatic amines is 1. The average molecular weight is 384 g/mol. The van der Waals surface area contributed by atoms with E-state index in [2.05, 4.69) is 27.2 Å². The predicted molar refractivity (Wildman–Crippen MR) is 106 cm³/mol. The lowest BCUT2D eigenvalue weighted by atomic mass is 9.92. The number of amides is 2. The van der Waals surface area contributed by atoms with E-state index >= 15 is 0 Å². The number of carbonyl (C=O) groups excluding carboxylic acids is 2. The van der Waals surface area contributed by atoms with Crippen molar-refractivity contribution < 1.29 is 9.59 Å². The third kappa shape index (κ3) is 4.11. The number of carbonyl (C=O) groups is 2. The molecule has 2 heterocycles. The molecule has 1 aliphatic rings. The average Bonchev–Trinajstić information content (AvgIpc) is 2.61. The molecule has 0 aliphatic carbocycles. The van der Waals surface area contributed by atoms with Crippen LogP contribution < -0.4 is 16.2 Å². The molecular formula is C19H20N4O3S. The maximum atomic E-state index is 12.8. The molecule has 1 aromatic carbocycles. The fourth-order valence-corrected chi connectivity index (χ4v) is 3.55. The van der Waals surface area contributed by atoms with Crippen molar-refractivity contribution in [1.29, 1.82) is 0 Å². The lowest BCUT2D eigenvalue weighted by molar-refractivity contribution is -0.123. The highest BCUT2D eigenvalue weighted by Crippen LogP contribution is 2.30. The van der Waals surface area contributed by atoms with E-state index in [1.807, 2.05) is 32.0 Å². The first-order chi connectivity index (χ1) is 12.9. The number of aromatic nitrogens is 2. The molecule has 140 valence electrons. The molecule has 0 radical (unpaired) electrons. The van der Waals surface area contributed by atoms with Crippen LogP contribution in [0.25, 0.3) is 0 Å². The normalized spacial score (nSPS) is 15.6. The van der Waals surface area contributed by atoms with Gasteiger partial charge in [0.25, 0.3) is 5.56 Å². The SMILES string of the molecule is C=CCSc1nc2c(c(=O)[nH]1)[C@@H](C(=O)Nc1ccc(C)cc1C)CC(=O)N2. The first-order valence-electron chi connectivity index (χ1n) is 8.45. The van der Waals surface area contributed by atoms with Gasteiger partial charge in [0.15, 0.2) is 5.16 Å². The summed E-state index contributed by atoms with van der Waals surface area (Å²) in [5.41, 5.74) is 2.40. The molecule has 1 aliphatic heterocycles. The number of hydrogen-bond donors (Lipinski definition) is 3. The van der Waals surface area contributed by atoms with Crippen LogP contribution in [0.4, 0.5) is 11.5 Å². The summed E-state index contributed by atoms with van der Waals surface area (Å²) in [7, 11) is 0. The standard InChI is InChI=1S/C19H20N4O3S/c1-4-7-27-19-22-16-15(18(26)23-19)12(9-14(24)21-16)17(25)20-13-6-5-10(2)8-11(13)3/h4-6,8,12H,1,7,9H2,2-3H3,(H,20,25)(H2,21,22,23,24,26)/t12-/m0/s1. The van der Waals surface area contributed by atoms with Gasteiger partial charge >= 0.3 is 0 Å². The van der Waals surface area contributed by atoms with Gasteiger partial charge in [0, 0.05) is 17.9 Å². The Hall–Kier alpha value is -2.87. The Bertz CT molecular complexity index is 983. The summed E-state index contributed by atoms with van der Waals surface area (Å²) in [5, 5.41) is 5.79. The van der Waals surface area contributed by atoms with Gasteiger partial charge in [0.2, 0.25) is 11.8 Å². The maximum Gasteiger partial charge on any atom is 0.257 e. The van der Waals surface area contributed by atoms with E-state index in [9.17, 15) is 14.4 Å². The molecule has 3 rings (SSSR count). The second-order valence-corrected chi connectivity index (χ2v) is 7.35. The zero-order chi connectivity index (χ0) is 19.6. The molecule has 3 N–H and O–H groups in total. The van der Waals surface area contributed by atoms with Crippen molar-refractivity contribution in [3.05, 3.63) is 57.9 Å². The number of aryl methyl sites for hydroxylation is 2. The fourth-order valence-electron chi connectivity index (χ4n) is 2.95. The van der Waals surface area contributed by atoms with Crippen LogP contribution in [-0.4, -0.2) is 27.5 Å². The zero-order valence-electron chi connectivity index (χ0n) is 15.1. The quantitative estimate of drug-likeness (QED) is 0.418. The Balaban J connectivity index is 1.93. The van der Waals surface area contributed by atoms with E-state index < -0.39 is 17.4 Å². The second-order valence-electron chi connectivity index (χ2n) is 6.35. The molecule has 0 bridgehead atoms. The Morgan fingerprint density at radius 1 is 1.41 bits per heavy atom. The molecule has 1 atom stereocenters. The Morgan fingerprint density at radius 3 is 2.89 bits per heavy atom. The molecular weight excluding hydrogens is 364 g/mol. The van der Waals surface area contributed by atoms with Crippen LogP contribution >= 0.6 is 11.8 Å². The van der Waals surface area contributed by atoms with Crippen LogP contribution in [0.5, 0.6) is 0 Å². The highest BCUT2D eigenvalue weighted by atomic mass is 32.2. The lowest BCUT2D eigenvalue weighted by Gasteiger charge is -2.23.